The average molecular weight is 819 g/mol. The van der Waals surface area contributed by atoms with Crippen molar-refractivity contribution in [3.05, 3.63) is 46.0 Å². The Hall–Kier alpha value is -2.36. The number of phenolic OH excluding ortho intramolecular Hbond substituents is 2. The number of hydrogen-bond donors (Lipinski definition) is 2. The third-order valence-electron chi connectivity index (χ3n) is 14.3. The molecule has 4 heteroatoms. The van der Waals surface area contributed by atoms with Gasteiger partial charge in [-0.25, -0.2) is 0 Å². The molecule has 4 nitrogen and oxygen atoms in total. The summed E-state index contributed by atoms with van der Waals surface area (Å²) in [6.45, 7) is 29.5. The minimum absolute atomic E-state index is 0.0545. The second-order valence-corrected chi connectivity index (χ2v) is 21.7. The zero-order valence-corrected chi connectivity index (χ0v) is 41.0. The molecule has 2 aliphatic heterocycles. The summed E-state index contributed by atoms with van der Waals surface area (Å²) in [7, 11) is 0. The van der Waals surface area contributed by atoms with Crippen molar-refractivity contribution in [2.45, 2.75) is 242 Å². The molecule has 0 amide bonds. The van der Waals surface area contributed by atoms with Gasteiger partial charge in [0, 0.05) is 5.56 Å². The SMILES string of the molecule is Cc1cc2c(c(C)c1O)CC[C@@](C)(CCCC(C)CCCC(C)CCCC(C)C)O2.Cc1cc2c(cc1O)CC[C@@](C)(CCCC(C)CCCC(C)CCCC(C)C)O2. The number of benzene rings is 2. The standard InChI is InChI=1S/C28H48O2.C27H46O2/c1-20(2)11-8-12-21(3)13-9-14-22(4)15-10-17-28(7)18-16-25-24(6)27(29)23(5)19-26(25)30-28;1-20(2)10-7-11-21(3)12-8-13-22(4)14-9-16-27(6)17-15-24-19-25(28)23(5)18-26(24)29-27/h19-22,29H,8-18H2,1-7H3;18-22,28H,7-17H2,1-6H3/t21?,22?,28-;21?,22?,27-/m11/s1. The minimum atomic E-state index is -0.0620. The highest BCUT2D eigenvalue weighted by Crippen LogP contribution is 2.42. The van der Waals surface area contributed by atoms with Gasteiger partial charge in [0.25, 0.3) is 0 Å². The lowest BCUT2D eigenvalue weighted by atomic mass is 9.85. The van der Waals surface area contributed by atoms with E-state index in [0.717, 1.165) is 108 Å². The van der Waals surface area contributed by atoms with Gasteiger partial charge in [-0.3, -0.25) is 0 Å². The van der Waals surface area contributed by atoms with Gasteiger partial charge in [0.15, 0.2) is 0 Å². The summed E-state index contributed by atoms with van der Waals surface area (Å²) in [5.41, 5.74) is 5.06. The fourth-order valence-electron chi connectivity index (χ4n) is 9.76. The Morgan fingerprint density at radius 2 is 0.898 bits per heavy atom. The third-order valence-corrected chi connectivity index (χ3v) is 14.3. The van der Waals surface area contributed by atoms with Crippen molar-refractivity contribution in [3.63, 3.8) is 0 Å². The van der Waals surface area contributed by atoms with Crippen LogP contribution in [0.15, 0.2) is 18.2 Å². The van der Waals surface area contributed by atoms with Crippen LogP contribution >= 0.6 is 0 Å². The summed E-state index contributed by atoms with van der Waals surface area (Å²) in [6.07, 6.45) is 28.1. The first-order valence-electron chi connectivity index (χ1n) is 24.8. The maximum absolute atomic E-state index is 10.2. The van der Waals surface area contributed by atoms with E-state index in [9.17, 15) is 10.2 Å². The summed E-state index contributed by atoms with van der Waals surface area (Å²) in [5, 5.41) is 20.1. The van der Waals surface area contributed by atoms with E-state index in [4.69, 9.17) is 9.47 Å². The van der Waals surface area contributed by atoms with E-state index in [-0.39, 0.29) is 11.2 Å². The molecule has 0 aliphatic carbocycles. The molecule has 59 heavy (non-hydrogen) atoms. The van der Waals surface area contributed by atoms with Crippen molar-refractivity contribution < 1.29 is 19.7 Å². The number of aryl methyl sites for hydroxylation is 3. The minimum Gasteiger partial charge on any atom is -0.508 e. The Bertz CT molecular complexity index is 1510. The Balaban J connectivity index is 0.000000316. The molecule has 0 bridgehead atoms. The van der Waals surface area contributed by atoms with Gasteiger partial charge in [-0.15, -0.1) is 0 Å². The maximum atomic E-state index is 10.2. The second-order valence-electron chi connectivity index (χ2n) is 21.7. The molecule has 0 saturated heterocycles. The van der Waals surface area contributed by atoms with Crippen LogP contribution in [0.1, 0.15) is 225 Å². The van der Waals surface area contributed by atoms with E-state index in [1.54, 1.807) is 0 Å². The smallest absolute Gasteiger partial charge is 0.124 e. The summed E-state index contributed by atoms with van der Waals surface area (Å²) in [4.78, 5) is 0. The molecule has 0 spiro atoms. The van der Waals surface area contributed by atoms with Crippen molar-refractivity contribution in [3.8, 4) is 23.0 Å². The lowest BCUT2D eigenvalue weighted by molar-refractivity contribution is 0.0518. The van der Waals surface area contributed by atoms with Gasteiger partial charge < -0.3 is 19.7 Å². The van der Waals surface area contributed by atoms with Crippen LogP contribution in [0.3, 0.4) is 0 Å². The fraction of sp³-hybridized carbons (Fsp3) is 0.782. The average Bonchev–Trinajstić information content (AvgIpc) is 3.14. The Morgan fingerprint density at radius 3 is 1.36 bits per heavy atom. The Labute approximate surface area is 365 Å². The van der Waals surface area contributed by atoms with Crippen molar-refractivity contribution in [1.82, 2.24) is 0 Å². The van der Waals surface area contributed by atoms with E-state index in [0.29, 0.717) is 11.5 Å². The highest BCUT2D eigenvalue weighted by molar-refractivity contribution is 5.53. The predicted molar refractivity (Wildman–Crippen MR) is 255 cm³/mol. The van der Waals surface area contributed by atoms with Crippen LogP contribution in [0, 0.1) is 56.3 Å². The summed E-state index contributed by atoms with van der Waals surface area (Å²) >= 11 is 0. The molecule has 2 aromatic carbocycles. The summed E-state index contributed by atoms with van der Waals surface area (Å²) in [6, 6.07) is 5.92. The molecule has 2 aromatic rings. The van der Waals surface area contributed by atoms with Crippen LogP contribution in [0.25, 0.3) is 0 Å². The van der Waals surface area contributed by atoms with Gasteiger partial charge in [-0.1, -0.05) is 145 Å². The molecule has 2 aliphatic rings. The van der Waals surface area contributed by atoms with Gasteiger partial charge in [0.1, 0.15) is 34.2 Å². The molecule has 0 saturated carbocycles. The number of phenols is 2. The van der Waals surface area contributed by atoms with Crippen molar-refractivity contribution in [1.29, 1.82) is 0 Å². The second kappa shape index (κ2) is 24.9. The summed E-state index contributed by atoms with van der Waals surface area (Å²) in [5.74, 6) is 7.90. The van der Waals surface area contributed by atoms with E-state index in [1.165, 1.54) is 108 Å². The molecule has 4 rings (SSSR count). The molecular formula is C55H94O4. The number of aromatic hydroxyl groups is 2. The van der Waals surface area contributed by atoms with Crippen LogP contribution in [0.5, 0.6) is 23.0 Å². The first-order valence-corrected chi connectivity index (χ1v) is 24.8. The van der Waals surface area contributed by atoms with Gasteiger partial charge in [0.05, 0.1) is 0 Å². The quantitative estimate of drug-likeness (QED) is 0.111. The van der Waals surface area contributed by atoms with Crippen molar-refractivity contribution >= 4 is 0 Å². The van der Waals surface area contributed by atoms with Crippen LogP contribution < -0.4 is 9.47 Å². The molecule has 0 aromatic heterocycles. The topological polar surface area (TPSA) is 58.9 Å². The van der Waals surface area contributed by atoms with E-state index < -0.39 is 0 Å². The molecule has 4 unspecified atom stereocenters. The van der Waals surface area contributed by atoms with Gasteiger partial charge >= 0.3 is 0 Å². The zero-order chi connectivity index (χ0) is 43.8. The number of rotatable bonds is 24. The highest BCUT2D eigenvalue weighted by atomic mass is 16.5. The first-order chi connectivity index (χ1) is 27.8. The number of hydrogen-bond acceptors (Lipinski definition) is 4. The molecule has 2 N–H and O–H groups in total. The van der Waals surface area contributed by atoms with Crippen molar-refractivity contribution in [2.75, 3.05) is 0 Å². The largest absolute Gasteiger partial charge is 0.508 e. The van der Waals surface area contributed by atoms with Gasteiger partial charge in [-0.05, 0) is 162 Å². The fourth-order valence-corrected chi connectivity index (χ4v) is 9.76. The number of fused-ring (bicyclic) bond motifs is 2. The molecule has 6 atom stereocenters. The zero-order valence-electron chi connectivity index (χ0n) is 41.0. The van der Waals surface area contributed by atoms with Crippen LogP contribution in [0.2, 0.25) is 0 Å². The number of ether oxygens (including phenoxy) is 2. The molecular weight excluding hydrogens is 725 g/mol. The van der Waals surface area contributed by atoms with Gasteiger partial charge in [0.2, 0.25) is 0 Å². The predicted octanol–water partition coefficient (Wildman–Crippen LogP) is 16.8. The molecule has 338 valence electrons. The van der Waals surface area contributed by atoms with Crippen LogP contribution in [-0.4, -0.2) is 21.4 Å². The summed E-state index contributed by atoms with van der Waals surface area (Å²) < 4.78 is 12.9. The van der Waals surface area contributed by atoms with E-state index in [1.807, 2.05) is 39.0 Å². The van der Waals surface area contributed by atoms with Crippen LogP contribution in [-0.2, 0) is 12.8 Å². The maximum Gasteiger partial charge on any atom is 0.124 e. The Morgan fingerprint density at radius 1 is 0.508 bits per heavy atom. The van der Waals surface area contributed by atoms with Crippen molar-refractivity contribution in [2.24, 2.45) is 35.5 Å². The Kier molecular flexibility index (Phi) is 21.5. The molecule has 0 fully saturated rings. The lowest BCUT2D eigenvalue weighted by Crippen LogP contribution is -2.36. The lowest BCUT2D eigenvalue weighted by Gasteiger charge is -2.37. The highest BCUT2D eigenvalue weighted by Gasteiger charge is 2.33. The first kappa shape index (κ1) is 51.0. The normalized spacial score (nSPS) is 20.8. The third kappa shape index (κ3) is 18.3. The van der Waals surface area contributed by atoms with E-state index >= 15 is 0 Å². The van der Waals surface area contributed by atoms with Gasteiger partial charge in [-0.2, -0.15) is 0 Å². The molecule has 2 heterocycles. The monoisotopic (exact) mass is 819 g/mol. The van der Waals surface area contributed by atoms with Crippen LogP contribution in [0.4, 0.5) is 0 Å². The molecule has 0 radical (unpaired) electrons. The van der Waals surface area contributed by atoms with E-state index in [2.05, 4.69) is 69.2 Å².